The second-order valence-corrected chi connectivity index (χ2v) is 5.88. The third-order valence-electron chi connectivity index (χ3n) is 2.80. The number of piperazine rings is 1. The fraction of sp³-hybridized carbons (Fsp3) is 0.455. The van der Waals surface area contributed by atoms with Crippen molar-refractivity contribution in [1.29, 1.82) is 0 Å². The molecule has 0 spiro atoms. The summed E-state index contributed by atoms with van der Waals surface area (Å²) in [4.78, 5) is 25.4. The summed E-state index contributed by atoms with van der Waals surface area (Å²) < 4.78 is 0.696. The fourth-order valence-corrected chi connectivity index (χ4v) is 3.09. The van der Waals surface area contributed by atoms with Gasteiger partial charge >= 0.3 is 5.97 Å². The Balaban J connectivity index is 2.07. The minimum atomic E-state index is -0.966. The summed E-state index contributed by atoms with van der Waals surface area (Å²) >= 11 is 7.30. The Morgan fingerprint density at radius 2 is 2.39 bits per heavy atom. The molecule has 7 heteroatoms. The van der Waals surface area contributed by atoms with Crippen LogP contribution >= 0.6 is 22.9 Å². The van der Waals surface area contributed by atoms with Gasteiger partial charge in [0.25, 0.3) is 0 Å². The molecule has 1 aliphatic heterocycles. The van der Waals surface area contributed by atoms with Crippen molar-refractivity contribution >= 4 is 34.8 Å². The highest BCUT2D eigenvalue weighted by Crippen LogP contribution is 2.24. The Morgan fingerprint density at radius 3 is 3.00 bits per heavy atom. The van der Waals surface area contributed by atoms with Crippen molar-refractivity contribution in [1.82, 2.24) is 10.2 Å². The minimum Gasteiger partial charge on any atom is -0.481 e. The summed E-state index contributed by atoms with van der Waals surface area (Å²) in [7, 11) is 0. The number of hydrogen-bond donors (Lipinski definition) is 2. The molecule has 1 amide bonds. The Labute approximate surface area is 113 Å². The molecule has 0 radical (unpaired) electrons. The standard InChI is InChI=1S/C11H13ClN2O3S/c12-9-2-1-7(18-9)6-14-4-3-13-11(17)8(14)5-10(15)16/h1-2,8H,3-6H2,(H,13,17)(H,15,16). The zero-order valence-electron chi connectivity index (χ0n) is 9.56. The molecular weight excluding hydrogens is 276 g/mol. The van der Waals surface area contributed by atoms with Gasteiger partial charge in [0.05, 0.1) is 10.8 Å². The van der Waals surface area contributed by atoms with Gasteiger partial charge in [0.1, 0.15) is 6.04 Å². The lowest BCUT2D eigenvalue weighted by molar-refractivity contribution is -0.143. The van der Waals surface area contributed by atoms with Crippen molar-refractivity contribution in [3.05, 3.63) is 21.3 Å². The predicted molar refractivity (Wildman–Crippen MR) is 68.8 cm³/mol. The number of hydrogen-bond acceptors (Lipinski definition) is 4. The summed E-state index contributed by atoms with van der Waals surface area (Å²) in [5.41, 5.74) is 0. The molecule has 1 aromatic rings. The topological polar surface area (TPSA) is 69.6 Å². The molecule has 0 aliphatic carbocycles. The SMILES string of the molecule is O=C(O)CC1C(=O)NCCN1Cc1ccc(Cl)s1. The van der Waals surface area contributed by atoms with Crippen molar-refractivity contribution in [3.8, 4) is 0 Å². The summed E-state index contributed by atoms with van der Waals surface area (Å²) in [6.07, 6.45) is -0.176. The van der Waals surface area contributed by atoms with E-state index in [-0.39, 0.29) is 12.3 Å². The van der Waals surface area contributed by atoms with Crippen LogP contribution in [-0.4, -0.2) is 41.0 Å². The van der Waals surface area contributed by atoms with Crippen LogP contribution in [0.5, 0.6) is 0 Å². The summed E-state index contributed by atoms with van der Waals surface area (Å²) in [6.45, 7) is 1.76. The van der Waals surface area contributed by atoms with Gasteiger partial charge in [-0.3, -0.25) is 14.5 Å². The molecule has 0 aromatic carbocycles. The van der Waals surface area contributed by atoms with Crippen LogP contribution in [0.1, 0.15) is 11.3 Å². The number of rotatable bonds is 4. The van der Waals surface area contributed by atoms with E-state index in [1.165, 1.54) is 11.3 Å². The van der Waals surface area contributed by atoms with Crippen LogP contribution in [0.25, 0.3) is 0 Å². The first-order valence-corrected chi connectivity index (χ1v) is 6.73. The monoisotopic (exact) mass is 288 g/mol. The van der Waals surface area contributed by atoms with E-state index in [1.54, 1.807) is 6.07 Å². The Hall–Kier alpha value is -1.11. The van der Waals surface area contributed by atoms with E-state index in [0.29, 0.717) is 24.0 Å². The number of halogens is 1. The number of carbonyl (C=O) groups excluding carboxylic acids is 1. The number of carboxylic acid groups (broad SMARTS) is 1. The van der Waals surface area contributed by atoms with E-state index in [9.17, 15) is 9.59 Å². The van der Waals surface area contributed by atoms with Crippen molar-refractivity contribution in [3.63, 3.8) is 0 Å². The lowest BCUT2D eigenvalue weighted by Gasteiger charge is -2.33. The number of nitrogens with one attached hydrogen (secondary N) is 1. The first kappa shape index (κ1) is 13.3. The number of thiophene rings is 1. The molecule has 1 atom stereocenters. The first-order valence-electron chi connectivity index (χ1n) is 5.54. The van der Waals surface area contributed by atoms with E-state index >= 15 is 0 Å². The van der Waals surface area contributed by atoms with Crippen LogP contribution in [0.2, 0.25) is 4.34 Å². The van der Waals surface area contributed by atoms with Gasteiger partial charge in [-0.25, -0.2) is 0 Å². The molecule has 2 heterocycles. The molecule has 98 valence electrons. The zero-order valence-corrected chi connectivity index (χ0v) is 11.1. The van der Waals surface area contributed by atoms with Crippen molar-refractivity contribution in [2.45, 2.75) is 19.0 Å². The average Bonchev–Trinajstić information content (AvgIpc) is 2.69. The largest absolute Gasteiger partial charge is 0.481 e. The van der Waals surface area contributed by atoms with Gasteiger partial charge in [-0.2, -0.15) is 0 Å². The van der Waals surface area contributed by atoms with Crippen LogP contribution in [-0.2, 0) is 16.1 Å². The van der Waals surface area contributed by atoms with Crippen LogP contribution in [0.15, 0.2) is 12.1 Å². The van der Waals surface area contributed by atoms with Gasteiger partial charge in [0.15, 0.2) is 0 Å². The minimum absolute atomic E-state index is 0.176. The van der Waals surface area contributed by atoms with Crippen molar-refractivity contribution < 1.29 is 14.7 Å². The van der Waals surface area contributed by atoms with Crippen LogP contribution in [0.3, 0.4) is 0 Å². The maximum Gasteiger partial charge on any atom is 0.305 e. The highest BCUT2D eigenvalue weighted by atomic mass is 35.5. The number of aliphatic carboxylic acids is 1. The zero-order chi connectivity index (χ0) is 13.1. The van der Waals surface area contributed by atoms with Crippen LogP contribution in [0, 0.1) is 0 Å². The third kappa shape index (κ3) is 3.22. The molecule has 0 saturated carbocycles. The van der Waals surface area contributed by atoms with E-state index in [0.717, 1.165) is 4.88 Å². The van der Waals surface area contributed by atoms with Gasteiger partial charge in [-0.1, -0.05) is 11.6 Å². The molecule has 1 fully saturated rings. The van der Waals surface area contributed by atoms with Crippen molar-refractivity contribution in [2.75, 3.05) is 13.1 Å². The highest BCUT2D eigenvalue weighted by Gasteiger charge is 2.31. The van der Waals surface area contributed by atoms with Gasteiger partial charge in [0, 0.05) is 24.5 Å². The normalized spacial score (nSPS) is 20.7. The molecule has 18 heavy (non-hydrogen) atoms. The molecule has 1 aromatic heterocycles. The van der Waals surface area contributed by atoms with Crippen molar-refractivity contribution in [2.24, 2.45) is 0 Å². The van der Waals surface area contributed by atoms with Gasteiger partial charge in [0.2, 0.25) is 5.91 Å². The third-order valence-corrected chi connectivity index (χ3v) is 4.01. The maximum atomic E-state index is 11.7. The summed E-state index contributed by atoms with van der Waals surface area (Å²) in [6, 6.07) is 3.10. The summed E-state index contributed by atoms with van der Waals surface area (Å²) in [5, 5.41) is 11.5. The molecule has 0 bridgehead atoms. The Kier molecular flexibility index (Phi) is 4.21. The quantitative estimate of drug-likeness (QED) is 0.873. The lowest BCUT2D eigenvalue weighted by Crippen LogP contribution is -2.55. The molecule has 1 aliphatic rings. The number of carbonyl (C=O) groups is 2. The Bertz CT molecular complexity index is 463. The lowest BCUT2D eigenvalue weighted by atomic mass is 10.1. The van der Waals surface area contributed by atoms with E-state index < -0.39 is 12.0 Å². The van der Waals surface area contributed by atoms with E-state index in [2.05, 4.69) is 5.32 Å². The number of amides is 1. The average molecular weight is 289 g/mol. The first-order chi connectivity index (χ1) is 8.56. The van der Waals surface area contributed by atoms with Crippen LogP contribution < -0.4 is 5.32 Å². The predicted octanol–water partition coefficient (Wildman–Crippen LogP) is 1.18. The second kappa shape index (κ2) is 5.69. The smallest absolute Gasteiger partial charge is 0.305 e. The van der Waals surface area contributed by atoms with E-state index in [1.807, 2.05) is 11.0 Å². The van der Waals surface area contributed by atoms with Gasteiger partial charge < -0.3 is 10.4 Å². The summed E-state index contributed by atoms with van der Waals surface area (Å²) in [5.74, 6) is -1.18. The van der Waals surface area contributed by atoms with Gasteiger partial charge in [-0.05, 0) is 12.1 Å². The van der Waals surface area contributed by atoms with Gasteiger partial charge in [-0.15, -0.1) is 11.3 Å². The fourth-order valence-electron chi connectivity index (χ4n) is 1.98. The second-order valence-electron chi connectivity index (χ2n) is 4.08. The molecule has 2 rings (SSSR count). The Morgan fingerprint density at radius 1 is 1.61 bits per heavy atom. The van der Waals surface area contributed by atoms with E-state index in [4.69, 9.17) is 16.7 Å². The highest BCUT2D eigenvalue weighted by molar-refractivity contribution is 7.16. The molecule has 5 nitrogen and oxygen atoms in total. The molecule has 1 saturated heterocycles. The molecule has 2 N–H and O–H groups in total. The molecule has 1 unspecified atom stereocenters. The number of nitrogens with zero attached hydrogens (tertiary/aromatic N) is 1. The maximum absolute atomic E-state index is 11.7. The van der Waals surface area contributed by atoms with Crippen LogP contribution in [0.4, 0.5) is 0 Å². The molecular formula is C11H13ClN2O3S. The number of carboxylic acids is 1.